The first-order chi connectivity index (χ1) is 24.3. The van der Waals surface area contributed by atoms with E-state index in [9.17, 15) is 0 Å². The summed E-state index contributed by atoms with van der Waals surface area (Å²) in [5.41, 5.74) is 9.30. The standard InChI is InChI=1S/C46H30N2S/c1-3-12-31(13-4-1)33-15-11-18-35(28-33)47(36-24-27-45-41(29-36)39-20-9-10-21-44(39)49-45)37-23-25-40-43(30-37)48(34-16-5-2-6-17-34)42-26-22-32-14-7-8-19-38(32)46(40)42/h1-30H. The summed E-state index contributed by atoms with van der Waals surface area (Å²) in [6.07, 6.45) is 0. The van der Waals surface area contributed by atoms with Crippen LogP contribution in [-0.2, 0) is 0 Å². The van der Waals surface area contributed by atoms with Crippen LogP contribution < -0.4 is 4.90 Å². The van der Waals surface area contributed by atoms with Crippen LogP contribution in [0.4, 0.5) is 17.1 Å². The third-order valence-electron chi connectivity index (χ3n) is 9.74. The van der Waals surface area contributed by atoms with Crippen molar-refractivity contribution < 1.29 is 0 Å². The Bertz CT molecular complexity index is 2830. The van der Waals surface area contributed by atoms with Gasteiger partial charge in [-0.3, -0.25) is 0 Å². The van der Waals surface area contributed by atoms with Crippen LogP contribution in [0.1, 0.15) is 0 Å². The van der Waals surface area contributed by atoms with Crippen LogP contribution in [0.3, 0.4) is 0 Å². The molecule has 3 heteroatoms. The molecular formula is C46H30N2S. The van der Waals surface area contributed by atoms with Gasteiger partial charge in [0.2, 0.25) is 0 Å². The largest absolute Gasteiger partial charge is 0.310 e. The number of nitrogens with zero attached hydrogens (tertiary/aromatic N) is 2. The van der Waals surface area contributed by atoms with E-state index in [1.54, 1.807) is 0 Å². The summed E-state index contributed by atoms with van der Waals surface area (Å²) in [5, 5.41) is 7.64. The molecule has 0 atom stereocenters. The molecule has 49 heavy (non-hydrogen) atoms. The Morgan fingerprint density at radius 2 is 1.06 bits per heavy atom. The fourth-order valence-corrected chi connectivity index (χ4v) is 8.61. The van der Waals surface area contributed by atoms with Crippen molar-refractivity contribution in [3.63, 3.8) is 0 Å². The van der Waals surface area contributed by atoms with Gasteiger partial charge in [0, 0.05) is 53.7 Å². The van der Waals surface area contributed by atoms with Crippen molar-refractivity contribution in [2.75, 3.05) is 4.90 Å². The number of para-hydroxylation sites is 1. The summed E-state index contributed by atoms with van der Waals surface area (Å²) in [6, 6.07) is 66.2. The molecule has 10 aromatic rings. The van der Waals surface area contributed by atoms with E-state index in [1.165, 1.54) is 63.9 Å². The molecule has 0 saturated heterocycles. The average Bonchev–Trinajstić information content (AvgIpc) is 3.71. The zero-order chi connectivity index (χ0) is 32.3. The first kappa shape index (κ1) is 27.9. The number of hydrogen-bond donors (Lipinski definition) is 0. The quantitative estimate of drug-likeness (QED) is 0.181. The Hall–Kier alpha value is -6.16. The lowest BCUT2D eigenvalue weighted by Gasteiger charge is -2.26. The minimum absolute atomic E-state index is 1.11. The van der Waals surface area contributed by atoms with Gasteiger partial charge in [-0.2, -0.15) is 0 Å². The molecule has 2 heterocycles. The van der Waals surface area contributed by atoms with E-state index in [0.29, 0.717) is 0 Å². The SMILES string of the molecule is c1ccc(-c2cccc(N(c3ccc4sc5ccccc5c4c3)c3ccc4c5c6ccccc6ccc5n(-c5ccccc5)c4c3)c2)cc1. The van der Waals surface area contributed by atoms with Crippen LogP contribution in [0, 0.1) is 0 Å². The summed E-state index contributed by atoms with van der Waals surface area (Å²) >= 11 is 1.86. The fourth-order valence-electron chi connectivity index (χ4n) is 7.53. The third kappa shape index (κ3) is 4.55. The van der Waals surface area contributed by atoms with Crippen LogP contribution in [0.5, 0.6) is 0 Å². The second-order valence-corrected chi connectivity index (χ2v) is 13.7. The Kier molecular flexibility index (Phi) is 6.39. The number of rotatable bonds is 5. The van der Waals surface area contributed by atoms with Crippen LogP contribution >= 0.6 is 11.3 Å². The summed E-state index contributed by atoms with van der Waals surface area (Å²) in [4.78, 5) is 2.42. The molecular weight excluding hydrogens is 613 g/mol. The summed E-state index contributed by atoms with van der Waals surface area (Å²) in [5.74, 6) is 0. The van der Waals surface area contributed by atoms with Crippen molar-refractivity contribution in [3.8, 4) is 16.8 Å². The molecule has 0 N–H and O–H groups in total. The highest BCUT2D eigenvalue weighted by Crippen LogP contribution is 2.44. The molecule has 0 fully saturated rings. The Balaban J connectivity index is 1.26. The van der Waals surface area contributed by atoms with E-state index in [4.69, 9.17) is 0 Å². The Labute approximate surface area is 288 Å². The molecule has 2 nitrogen and oxygen atoms in total. The van der Waals surface area contributed by atoms with Gasteiger partial charge in [0.05, 0.1) is 11.0 Å². The van der Waals surface area contributed by atoms with Crippen LogP contribution in [0.25, 0.3) is 69.6 Å². The Morgan fingerprint density at radius 3 is 1.94 bits per heavy atom. The molecule has 0 saturated carbocycles. The van der Waals surface area contributed by atoms with Gasteiger partial charge in [0.15, 0.2) is 0 Å². The van der Waals surface area contributed by atoms with Gasteiger partial charge in [0.25, 0.3) is 0 Å². The van der Waals surface area contributed by atoms with Gasteiger partial charge in [0.1, 0.15) is 0 Å². The lowest BCUT2D eigenvalue weighted by atomic mass is 10.0. The molecule has 8 aromatic carbocycles. The molecule has 0 aliphatic rings. The minimum Gasteiger partial charge on any atom is -0.310 e. The van der Waals surface area contributed by atoms with Crippen molar-refractivity contribution >= 4 is 81.1 Å². The zero-order valence-corrected chi connectivity index (χ0v) is 27.4. The second-order valence-electron chi connectivity index (χ2n) is 12.6. The predicted molar refractivity (Wildman–Crippen MR) is 211 cm³/mol. The van der Waals surface area contributed by atoms with Gasteiger partial charge in [-0.1, -0.05) is 115 Å². The predicted octanol–water partition coefficient (Wildman–Crippen LogP) is 13.4. The number of benzene rings is 8. The molecule has 0 bridgehead atoms. The monoisotopic (exact) mass is 642 g/mol. The van der Waals surface area contributed by atoms with Gasteiger partial charge in [-0.15, -0.1) is 11.3 Å². The summed E-state index contributed by atoms with van der Waals surface area (Å²) < 4.78 is 5.04. The molecule has 0 spiro atoms. The topological polar surface area (TPSA) is 8.17 Å². The molecule has 0 aliphatic carbocycles. The number of anilines is 3. The molecule has 10 rings (SSSR count). The van der Waals surface area contributed by atoms with E-state index in [0.717, 1.165) is 22.7 Å². The number of fused-ring (bicyclic) bond motifs is 8. The normalized spacial score (nSPS) is 11.7. The van der Waals surface area contributed by atoms with Crippen LogP contribution in [0.15, 0.2) is 182 Å². The van der Waals surface area contributed by atoms with Gasteiger partial charge >= 0.3 is 0 Å². The Morgan fingerprint density at radius 1 is 0.388 bits per heavy atom. The van der Waals surface area contributed by atoms with Gasteiger partial charge in [-0.25, -0.2) is 0 Å². The lowest BCUT2D eigenvalue weighted by Crippen LogP contribution is -2.10. The van der Waals surface area contributed by atoms with Gasteiger partial charge < -0.3 is 9.47 Å². The van der Waals surface area contributed by atoms with E-state index >= 15 is 0 Å². The van der Waals surface area contributed by atoms with Crippen molar-refractivity contribution in [3.05, 3.63) is 182 Å². The maximum atomic E-state index is 2.43. The molecule has 0 radical (unpaired) electrons. The average molecular weight is 643 g/mol. The number of thiophene rings is 1. The summed E-state index contributed by atoms with van der Waals surface area (Å²) in [7, 11) is 0. The highest BCUT2D eigenvalue weighted by molar-refractivity contribution is 7.25. The van der Waals surface area contributed by atoms with Crippen LogP contribution in [-0.4, -0.2) is 4.57 Å². The second kappa shape index (κ2) is 11.2. The van der Waals surface area contributed by atoms with Crippen molar-refractivity contribution in [1.29, 1.82) is 0 Å². The molecule has 2 aromatic heterocycles. The maximum absolute atomic E-state index is 2.43. The molecule has 0 unspecified atom stereocenters. The third-order valence-corrected chi connectivity index (χ3v) is 10.9. The van der Waals surface area contributed by atoms with E-state index in [-0.39, 0.29) is 0 Å². The minimum atomic E-state index is 1.11. The first-order valence-corrected chi connectivity index (χ1v) is 17.5. The highest BCUT2D eigenvalue weighted by Gasteiger charge is 2.20. The van der Waals surface area contributed by atoms with E-state index < -0.39 is 0 Å². The van der Waals surface area contributed by atoms with Crippen molar-refractivity contribution in [1.82, 2.24) is 4.57 Å². The zero-order valence-electron chi connectivity index (χ0n) is 26.6. The van der Waals surface area contributed by atoms with Crippen molar-refractivity contribution in [2.24, 2.45) is 0 Å². The number of aromatic nitrogens is 1. The van der Waals surface area contributed by atoms with Crippen LogP contribution in [0.2, 0.25) is 0 Å². The summed E-state index contributed by atoms with van der Waals surface area (Å²) in [6.45, 7) is 0. The number of hydrogen-bond acceptors (Lipinski definition) is 2. The van der Waals surface area contributed by atoms with Gasteiger partial charge in [-0.05, 0) is 88.6 Å². The molecule has 0 amide bonds. The highest BCUT2D eigenvalue weighted by atomic mass is 32.1. The lowest BCUT2D eigenvalue weighted by molar-refractivity contribution is 1.18. The fraction of sp³-hybridized carbons (Fsp3) is 0. The maximum Gasteiger partial charge on any atom is 0.0562 e. The van der Waals surface area contributed by atoms with E-state index in [1.807, 2.05) is 11.3 Å². The van der Waals surface area contributed by atoms with Crippen molar-refractivity contribution in [2.45, 2.75) is 0 Å². The van der Waals surface area contributed by atoms with E-state index in [2.05, 4.69) is 191 Å². The molecule has 0 aliphatic heterocycles. The molecule has 230 valence electrons. The first-order valence-electron chi connectivity index (χ1n) is 16.7. The smallest absolute Gasteiger partial charge is 0.0562 e.